The molecule has 0 saturated carbocycles. The van der Waals surface area contributed by atoms with Gasteiger partial charge >= 0.3 is 0 Å². The van der Waals surface area contributed by atoms with Crippen molar-refractivity contribution < 1.29 is 14.3 Å². The Bertz CT molecular complexity index is 490. The van der Waals surface area contributed by atoms with Gasteiger partial charge in [0.05, 0.1) is 5.69 Å². The standard InChI is InChI=1S/C15H22FN3O2/c1-19(2)15(21)9-8-12-13(16)6-5-7-14(12)18-17-10-3-4-11-20/h5-7,10,18,20H,3-4,8-9,11H2,1-2H3/b17-10+. The maximum Gasteiger partial charge on any atom is 0.222 e. The van der Waals surface area contributed by atoms with Gasteiger partial charge < -0.3 is 10.0 Å². The van der Waals surface area contributed by atoms with Gasteiger partial charge in [-0.2, -0.15) is 5.10 Å². The highest BCUT2D eigenvalue weighted by molar-refractivity contribution is 5.76. The van der Waals surface area contributed by atoms with Gasteiger partial charge in [-0.3, -0.25) is 10.2 Å². The minimum Gasteiger partial charge on any atom is -0.396 e. The lowest BCUT2D eigenvalue weighted by atomic mass is 10.1. The van der Waals surface area contributed by atoms with Gasteiger partial charge in [-0.15, -0.1) is 0 Å². The third-order valence-electron chi connectivity index (χ3n) is 2.97. The fraction of sp³-hybridized carbons (Fsp3) is 0.467. The van der Waals surface area contributed by atoms with Gasteiger partial charge in [0.1, 0.15) is 5.82 Å². The number of unbranched alkanes of at least 4 members (excludes halogenated alkanes) is 1. The smallest absolute Gasteiger partial charge is 0.222 e. The van der Waals surface area contributed by atoms with E-state index >= 15 is 0 Å². The van der Waals surface area contributed by atoms with Crippen LogP contribution in [0.25, 0.3) is 0 Å². The Kier molecular flexibility index (Phi) is 7.39. The van der Waals surface area contributed by atoms with E-state index in [2.05, 4.69) is 10.5 Å². The van der Waals surface area contributed by atoms with Crippen molar-refractivity contribution in [1.29, 1.82) is 0 Å². The summed E-state index contributed by atoms with van der Waals surface area (Å²) >= 11 is 0. The first kappa shape index (κ1) is 17.1. The molecule has 1 aromatic rings. The average molecular weight is 295 g/mol. The number of anilines is 1. The Morgan fingerprint density at radius 1 is 1.48 bits per heavy atom. The van der Waals surface area contributed by atoms with Crippen molar-refractivity contribution >= 4 is 17.8 Å². The molecule has 0 atom stereocenters. The molecule has 0 heterocycles. The Labute approximate surface area is 124 Å². The Morgan fingerprint density at radius 2 is 2.24 bits per heavy atom. The molecule has 1 aromatic carbocycles. The molecule has 6 heteroatoms. The van der Waals surface area contributed by atoms with Gasteiger partial charge in [0.15, 0.2) is 0 Å². The van der Waals surface area contributed by atoms with Gasteiger partial charge in [0.2, 0.25) is 5.91 Å². The van der Waals surface area contributed by atoms with E-state index in [0.717, 1.165) is 0 Å². The summed E-state index contributed by atoms with van der Waals surface area (Å²) < 4.78 is 13.9. The van der Waals surface area contributed by atoms with Crippen molar-refractivity contribution in [2.75, 3.05) is 26.1 Å². The van der Waals surface area contributed by atoms with E-state index in [1.807, 2.05) is 0 Å². The van der Waals surface area contributed by atoms with Crippen LogP contribution in [0.5, 0.6) is 0 Å². The Hall–Kier alpha value is -1.95. The summed E-state index contributed by atoms with van der Waals surface area (Å²) in [6, 6.07) is 4.69. The number of benzene rings is 1. The Morgan fingerprint density at radius 3 is 2.90 bits per heavy atom. The number of hydrogen-bond acceptors (Lipinski definition) is 4. The highest BCUT2D eigenvalue weighted by atomic mass is 19.1. The number of carbonyl (C=O) groups is 1. The van der Waals surface area contributed by atoms with E-state index < -0.39 is 0 Å². The van der Waals surface area contributed by atoms with E-state index in [0.29, 0.717) is 30.5 Å². The third-order valence-corrected chi connectivity index (χ3v) is 2.97. The van der Waals surface area contributed by atoms with E-state index in [4.69, 9.17) is 5.11 Å². The lowest BCUT2D eigenvalue weighted by Gasteiger charge is -2.12. The highest BCUT2D eigenvalue weighted by Crippen LogP contribution is 2.21. The molecule has 0 saturated heterocycles. The molecular weight excluding hydrogens is 273 g/mol. The number of hydrazone groups is 1. The highest BCUT2D eigenvalue weighted by Gasteiger charge is 2.11. The molecule has 0 fully saturated rings. The fourth-order valence-corrected chi connectivity index (χ4v) is 1.74. The number of halogens is 1. The van der Waals surface area contributed by atoms with Crippen molar-refractivity contribution in [3.8, 4) is 0 Å². The number of nitrogens with zero attached hydrogens (tertiary/aromatic N) is 2. The SMILES string of the molecule is CN(C)C(=O)CCc1c(F)cccc1N/N=C/CCCO. The zero-order valence-corrected chi connectivity index (χ0v) is 12.5. The summed E-state index contributed by atoms with van der Waals surface area (Å²) in [5, 5.41) is 12.7. The number of rotatable bonds is 8. The van der Waals surface area contributed by atoms with Gasteiger partial charge in [0.25, 0.3) is 0 Å². The topological polar surface area (TPSA) is 64.9 Å². The first-order valence-electron chi connectivity index (χ1n) is 6.92. The average Bonchev–Trinajstić information content (AvgIpc) is 2.45. The molecule has 2 N–H and O–H groups in total. The quantitative estimate of drug-likeness (QED) is 0.438. The van der Waals surface area contributed by atoms with Crippen molar-refractivity contribution in [3.63, 3.8) is 0 Å². The molecular formula is C15H22FN3O2. The molecule has 0 aromatic heterocycles. The zero-order chi connectivity index (χ0) is 15.7. The molecule has 0 bridgehead atoms. The molecule has 116 valence electrons. The predicted octanol–water partition coefficient (Wildman–Crippen LogP) is 2.02. The largest absolute Gasteiger partial charge is 0.396 e. The lowest BCUT2D eigenvalue weighted by Crippen LogP contribution is -2.22. The monoisotopic (exact) mass is 295 g/mol. The van der Waals surface area contributed by atoms with E-state index in [1.165, 1.54) is 11.0 Å². The lowest BCUT2D eigenvalue weighted by molar-refractivity contribution is -0.128. The second kappa shape index (κ2) is 9.07. The molecule has 0 radical (unpaired) electrons. The minimum absolute atomic E-state index is 0.0457. The van der Waals surface area contributed by atoms with Crippen molar-refractivity contribution in [2.45, 2.75) is 25.7 Å². The molecule has 21 heavy (non-hydrogen) atoms. The van der Waals surface area contributed by atoms with E-state index in [9.17, 15) is 9.18 Å². The number of amides is 1. The summed E-state index contributed by atoms with van der Waals surface area (Å²) in [4.78, 5) is 13.1. The third kappa shape index (κ3) is 5.91. The second-order valence-corrected chi connectivity index (χ2v) is 4.84. The van der Waals surface area contributed by atoms with Crippen LogP contribution in [0.4, 0.5) is 10.1 Å². The number of aliphatic hydroxyl groups excluding tert-OH is 1. The van der Waals surface area contributed by atoms with E-state index in [-0.39, 0.29) is 24.8 Å². The van der Waals surface area contributed by atoms with Crippen molar-refractivity contribution in [1.82, 2.24) is 4.90 Å². The van der Waals surface area contributed by atoms with Crippen LogP contribution in [0.2, 0.25) is 0 Å². The second-order valence-electron chi connectivity index (χ2n) is 4.84. The van der Waals surface area contributed by atoms with Gasteiger partial charge in [-0.05, 0) is 31.4 Å². The first-order chi connectivity index (χ1) is 10.1. The minimum atomic E-state index is -0.350. The number of aliphatic hydroxyl groups is 1. The van der Waals surface area contributed by atoms with Crippen LogP contribution in [0.1, 0.15) is 24.8 Å². The van der Waals surface area contributed by atoms with Crippen LogP contribution >= 0.6 is 0 Å². The van der Waals surface area contributed by atoms with Gasteiger partial charge in [0, 0.05) is 38.9 Å². The molecule has 0 aliphatic rings. The summed E-state index contributed by atoms with van der Waals surface area (Å²) in [5.41, 5.74) is 3.80. The maximum atomic E-state index is 13.9. The van der Waals surface area contributed by atoms with Crippen molar-refractivity contribution in [3.05, 3.63) is 29.6 Å². The summed E-state index contributed by atoms with van der Waals surface area (Å²) in [6.07, 6.45) is 3.48. The van der Waals surface area contributed by atoms with Crippen LogP contribution < -0.4 is 5.43 Å². The molecule has 0 aliphatic heterocycles. The predicted molar refractivity (Wildman–Crippen MR) is 81.8 cm³/mol. The summed E-state index contributed by atoms with van der Waals surface area (Å²) in [6.45, 7) is 0.115. The number of carbonyl (C=O) groups excluding carboxylic acids is 1. The molecule has 1 rings (SSSR count). The number of hydrogen-bond donors (Lipinski definition) is 2. The summed E-state index contributed by atoms with van der Waals surface area (Å²) in [5.74, 6) is -0.396. The van der Waals surface area contributed by atoms with Crippen LogP contribution in [0.15, 0.2) is 23.3 Å². The van der Waals surface area contributed by atoms with Crippen LogP contribution in [-0.4, -0.2) is 42.8 Å². The molecule has 5 nitrogen and oxygen atoms in total. The first-order valence-corrected chi connectivity index (χ1v) is 6.92. The van der Waals surface area contributed by atoms with Gasteiger partial charge in [-0.25, -0.2) is 4.39 Å². The maximum absolute atomic E-state index is 13.9. The van der Waals surface area contributed by atoms with E-state index in [1.54, 1.807) is 32.4 Å². The molecule has 0 unspecified atom stereocenters. The van der Waals surface area contributed by atoms with Crippen LogP contribution in [0, 0.1) is 5.82 Å². The summed E-state index contributed by atoms with van der Waals surface area (Å²) in [7, 11) is 3.35. The zero-order valence-electron chi connectivity index (χ0n) is 12.5. The number of nitrogens with one attached hydrogen (secondary N) is 1. The van der Waals surface area contributed by atoms with Crippen molar-refractivity contribution in [2.24, 2.45) is 5.10 Å². The Balaban J connectivity index is 2.69. The van der Waals surface area contributed by atoms with Gasteiger partial charge in [-0.1, -0.05) is 6.07 Å². The molecule has 0 aliphatic carbocycles. The van der Waals surface area contributed by atoms with Crippen LogP contribution in [-0.2, 0) is 11.2 Å². The van der Waals surface area contributed by atoms with Crippen LogP contribution in [0.3, 0.4) is 0 Å². The molecule has 0 spiro atoms. The normalized spacial score (nSPS) is 10.9. The fourth-order valence-electron chi connectivity index (χ4n) is 1.74. The molecule has 1 amide bonds.